The zero-order valence-electron chi connectivity index (χ0n) is 6.09. The molecule has 2 N–H and O–H groups in total. The Hall–Kier alpha value is -1.03. The minimum Gasteiger partial charge on any atom is -0.466 e. The molecule has 0 bridgehead atoms. The van der Waals surface area contributed by atoms with E-state index < -0.39 is 5.97 Å². The second kappa shape index (κ2) is 4.81. The third-order valence-corrected chi connectivity index (χ3v) is 0.815. The van der Waals surface area contributed by atoms with E-state index in [1.165, 1.54) is 20.3 Å². The smallest absolute Gasteiger partial charge is 0.332 e. The Labute approximate surface area is 59.6 Å². The molecule has 0 aliphatic heterocycles. The molecule has 0 heterocycles. The van der Waals surface area contributed by atoms with Crippen molar-refractivity contribution in [1.82, 2.24) is 0 Å². The number of esters is 1. The van der Waals surface area contributed by atoms with Gasteiger partial charge >= 0.3 is 5.97 Å². The third-order valence-electron chi connectivity index (χ3n) is 0.815. The molecular formula is C6H11NO3. The fraction of sp³-hybridized carbons (Fsp3) is 0.500. The maximum atomic E-state index is 10.5. The van der Waals surface area contributed by atoms with Crippen molar-refractivity contribution in [2.75, 3.05) is 20.8 Å². The van der Waals surface area contributed by atoms with Crippen LogP contribution < -0.4 is 5.73 Å². The van der Waals surface area contributed by atoms with Gasteiger partial charge in [0.1, 0.15) is 0 Å². The van der Waals surface area contributed by atoms with E-state index in [2.05, 4.69) is 9.47 Å². The van der Waals surface area contributed by atoms with Gasteiger partial charge in [0.2, 0.25) is 0 Å². The van der Waals surface area contributed by atoms with Gasteiger partial charge in [-0.05, 0) is 0 Å². The number of rotatable bonds is 3. The van der Waals surface area contributed by atoms with Crippen molar-refractivity contribution in [1.29, 1.82) is 0 Å². The first-order chi connectivity index (χ1) is 4.70. The molecule has 0 aliphatic carbocycles. The average Bonchev–Trinajstić information content (AvgIpc) is 1.88. The number of hydrogen-bond donors (Lipinski definition) is 1. The number of nitrogens with two attached hydrogens (primary N) is 1. The van der Waals surface area contributed by atoms with Gasteiger partial charge in [0, 0.05) is 18.9 Å². The fourth-order valence-electron chi connectivity index (χ4n) is 0.419. The molecule has 0 saturated heterocycles. The summed E-state index contributed by atoms with van der Waals surface area (Å²) in [6.45, 7) is 0.245. The van der Waals surface area contributed by atoms with Crippen molar-refractivity contribution in [3.63, 3.8) is 0 Å². The highest BCUT2D eigenvalue weighted by Crippen LogP contribution is 1.85. The zero-order chi connectivity index (χ0) is 7.98. The molecular weight excluding hydrogens is 134 g/mol. The summed E-state index contributed by atoms with van der Waals surface area (Å²) in [4.78, 5) is 10.5. The van der Waals surface area contributed by atoms with Crippen LogP contribution in [0.2, 0.25) is 0 Å². The van der Waals surface area contributed by atoms with Crippen molar-refractivity contribution in [3.8, 4) is 0 Å². The lowest BCUT2D eigenvalue weighted by atomic mass is 10.4. The van der Waals surface area contributed by atoms with Gasteiger partial charge in [-0.1, -0.05) is 0 Å². The molecule has 0 rings (SSSR count). The van der Waals surface area contributed by atoms with Crippen LogP contribution in [0.1, 0.15) is 0 Å². The second-order valence-corrected chi connectivity index (χ2v) is 1.68. The quantitative estimate of drug-likeness (QED) is 0.435. The first-order valence-electron chi connectivity index (χ1n) is 2.73. The lowest BCUT2D eigenvalue weighted by molar-refractivity contribution is -0.134. The van der Waals surface area contributed by atoms with Crippen LogP contribution in [0.3, 0.4) is 0 Å². The minimum atomic E-state index is -0.463. The summed E-state index contributed by atoms with van der Waals surface area (Å²) in [5.74, 6) is -0.463. The molecule has 0 atom stereocenters. The van der Waals surface area contributed by atoms with Crippen molar-refractivity contribution in [2.45, 2.75) is 0 Å². The maximum Gasteiger partial charge on any atom is 0.332 e. The zero-order valence-corrected chi connectivity index (χ0v) is 6.09. The van der Waals surface area contributed by atoms with Gasteiger partial charge in [0.15, 0.2) is 0 Å². The van der Waals surface area contributed by atoms with Crippen LogP contribution >= 0.6 is 0 Å². The van der Waals surface area contributed by atoms with Crippen LogP contribution in [-0.2, 0) is 14.3 Å². The Morgan fingerprint density at radius 1 is 1.60 bits per heavy atom. The van der Waals surface area contributed by atoms with Gasteiger partial charge < -0.3 is 15.2 Å². The number of hydrogen-bond acceptors (Lipinski definition) is 4. The highest BCUT2D eigenvalue weighted by Gasteiger charge is 1.95. The summed E-state index contributed by atoms with van der Waals surface area (Å²) in [5.41, 5.74) is 5.65. The molecule has 0 fully saturated rings. The fourth-order valence-corrected chi connectivity index (χ4v) is 0.419. The number of carbonyl (C=O) groups is 1. The van der Waals surface area contributed by atoms with E-state index in [4.69, 9.17) is 5.73 Å². The first kappa shape index (κ1) is 8.97. The van der Waals surface area contributed by atoms with E-state index >= 15 is 0 Å². The Kier molecular flexibility index (Phi) is 4.32. The van der Waals surface area contributed by atoms with Gasteiger partial charge in [-0.15, -0.1) is 0 Å². The van der Waals surface area contributed by atoms with E-state index in [9.17, 15) is 4.79 Å². The molecule has 0 radical (unpaired) electrons. The lowest BCUT2D eigenvalue weighted by Gasteiger charge is -1.96. The number of carbonyl (C=O) groups excluding carboxylic acids is 1. The Morgan fingerprint density at radius 3 is 2.60 bits per heavy atom. The molecule has 0 aliphatic rings. The van der Waals surface area contributed by atoms with E-state index in [0.717, 1.165) is 0 Å². The molecule has 4 nitrogen and oxygen atoms in total. The van der Waals surface area contributed by atoms with E-state index in [1.807, 2.05) is 0 Å². The van der Waals surface area contributed by atoms with E-state index in [0.29, 0.717) is 5.70 Å². The largest absolute Gasteiger partial charge is 0.466 e. The predicted molar refractivity (Wildman–Crippen MR) is 36.2 cm³/mol. The van der Waals surface area contributed by atoms with Crippen molar-refractivity contribution in [2.24, 2.45) is 5.73 Å². The molecule has 0 aromatic heterocycles. The topological polar surface area (TPSA) is 61.5 Å². The van der Waals surface area contributed by atoms with Crippen LogP contribution in [0, 0.1) is 0 Å². The van der Waals surface area contributed by atoms with Crippen LogP contribution in [0.5, 0.6) is 0 Å². The second-order valence-electron chi connectivity index (χ2n) is 1.68. The first-order valence-corrected chi connectivity index (χ1v) is 2.73. The van der Waals surface area contributed by atoms with Crippen LogP contribution in [0.25, 0.3) is 0 Å². The summed E-state index contributed by atoms with van der Waals surface area (Å²) in [6.07, 6.45) is 1.18. The summed E-state index contributed by atoms with van der Waals surface area (Å²) < 4.78 is 8.96. The average molecular weight is 145 g/mol. The molecule has 0 unspecified atom stereocenters. The standard InChI is InChI=1S/C6H11NO3/c1-9-4-5(7)3-6(8)10-2/h3H,4,7H2,1-2H3/b5-3+. The van der Waals surface area contributed by atoms with Gasteiger partial charge in [0.05, 0.1) is 13.7 Å². The van der Waals surface area contributed by atoms with E-state index in [1.54, 1.807) is 0 Å². The molecule has 0 spiro atoms. The Bertz CT molecular complexity index is 142. The number of ether oxygens (including phenoxy) is 2. The molecule has 0 amide bonds. The van der Waals surface area contributed by atoms with E-state index in [-0.39, 0.29) is 6.61 Å². The molecule has 0 saturated carbocycles. The predicted octanol–water partition coefficient (Wildman–Crippen LogP) is -0.352. The molecule has 4 heteroatoms. The highest BCUT2D eigenvalue weighted by molar-refractivity contribution is 5.82. The highest BCUT2D eigenvalue weighted by atomic mass is 16.5. The van der Waals surface area contributed by atoms with Crippen LogP contribution in [-0.4, -0.2) is 26.8 Å². The Balaban J connectivity index is 3.77. The van der Waals surface area contributed by atoms with Gasteiger partial charge in [0.25, 0.3) is 0 Å². The monoisotopic (exact) mass is 145 g/mol. The minimum absolute atomic E-state index is 0.245. The molecule has 10 heavy (non-hydrogen) atoms. The Morgan fingerprint density at radius 2 is 2.20 bits per heavy atom. The summed E-state index contributed by atoms with van der Waals surface area (Å²) in [5, 5.41) is 0. The van der Waals surface area contributed by atoms with Gasteiger partial charge in [-0.3, -0.25) is 0 Å². The van der Waals surface area contributed by atoms with Crippen molar-refractivity contribution < 1.29 is 14.3 Å². The van der Waals surface area contributed by atoms with Crippen LogP contribution in [0.15, 0.2) is 11.8 Å². The summed E-state index contributed by atoms with van der Waals surface area (Å²) in [6, 6.07) is 0. The molecule has 0 aromatic rings. The van der Waals surface area contributed by atoms with Crippen LogP contribution in [0.4, 0.5) is 0 Å². The lowest BCUT2D eigenvalue weighted by Crippen LogP contribution is -2.08. The maximum absolute atomic E-state index is 10.5. The summed E-state index contributed by atoms with van der Waals surface area (Å²) >= 11 is 0. The number of methoxy groups -OCH3 is 2. The molecule has 58 valence electrons. The van der Waals surface area contributed by atoms with Crippen molar-refractivity contribution in [3.05, 3.63) is 11.8 Å². The summed E-state index contributed by atoms with van der Waals surface area (Å²) in [7, 11) is 2.79. The SMILES string of the molecule is COC/C(N)=C\C(=O)OC. The molecule has 0 aromatic carbocycles. The van der Waals surface area contributed by atoms with Gasteiger partial charge in [-0.25, -0.2) is 4.79 Å². The van der Waals surface area contributed by atoms with Crippen molar-refractivity contribution >= 4 is 5.97 Å². The third kappa shape index (κ3) is 3.91. The van der Waals surface area contributed by atoms with Gasteiger partial charge in [-0.2, -0.15) is 0 Å². The normalized spacial score (nSPS) is 11.2.